The molecule has 1 aliphatic rings. The Bertz CT molecular complexity index is 128. The van der Waals surface area contributed by atoms with E-state index in [1.165, 1.54) is 44.9 Å². The van der Waals surface area contributed by atoms with E-state index in [1.807, 2.05) is 0 Å². The van der Waals surface area contributed by atoms with Crippen LogP contribution in [0, 0.1) is 11.3 Å². The minimum absolute atomic E-state index is 0.694. The van der Waals surface area contributed by atoms with Crippen LogP contribution in [0.15, 0.2) is 0 Å². The molecule has 1 saturated carbocycles. The molecule has 0 spiro atoms. The summed E-state index contributed by atoms with van der Waals surface area (Å²) in [5.74, 6) is 0.990. The summed E-state index contributed by atoms with van der Waals surface area (Å²) in [5, 5.41) is 0. The zero-order valence-electron chi connectivity index (χ0n) is 9.03. The molecule has 0 aliphatic heterocycles. The molecule has 0 aromatic heterocycles. The summed E-state index contributed by atoms with van der Waals surface area (Å²) in [5.41, 5.74) is 0.694. The fraction of sp³-hybridized carbons (Fsp3) is 1.00. The third-order valence-corrected chi connectivity index (χ3v) is 3.57. The Balaban J connectivity index is 2.43. The van der Waals surface area contributed by atoms with Crippen LogP contribution in [-0.4, -0.2) is 0 Å². The molecule has 0 heteroatoms. The van der Waals surface area contributed by atoms with Gasteiger partial charge in [-0.15, -0.1) is 0 Å². The highest BCUT2D eigenvalue weighted by molar-refractivity contribution is 4.78. The first-order valence-electron chi connectivity index (χ1n) is 5.66. The number of hydrogen-bond donors (Lipinski definition) is 0. The zero-order chi connectivity index (χ0) is 9.03. The van der Waals surface area contributed by atoms with Crippen molar-refractivity contribution < 1.29 is 0 Å². The van der Waals surface area contributed by atoms with Gasteiger partial charge in [0.25, 0.3) is 0 Å². The summed E-state index contributed by atoms with van der Waals surface area (Å²) in [6.45, 7) is 7.23. The van der Waals surface area contributed by atoms with E-state index in [0.29, 0.717) is 5.41 Å². The lowest BCUT2D eigenvalue weighted by Gasteiger charge is -2.27. The Labute approximate surface area is 77.7 Å². The van der Waals surface area contributed by atoms with Crippen molar-refractivity contribution in [3.8, 4) is 0 Å². The van der Waals surface area contributed by atoms with Gasteiger partial charge in [-0.1, -0.05) is 46.5 Å². The highest BCUT2D eigenvalue weighted by atomic mass is 14.3. The molecule has 0 radical (unpaired) electrons. The van der Waals surface area contributed by atoms with Gasteiger partial charge in [0.05, 0.1) is 0 Å². The van der Waals surface area contributed by atoms with Crippen LogP contribution in [0.4, 0.5) is 0 Å². The third kappa shape index (κ3) is 2.80. The molecule has 1 aliphatic carbocycles. The Hall–Kier alpha value is 0. The molecule has 2 atom stereocenters. The lowest BCUT2D eigenvalue weighted by Crippen LogP contribution is -2.14. The first kappa shape index (κ1) is 10.1. The SMILES string of the molecule is CCCC1(C)CCCC(C)CC1. The van der Waals surface area contributed by atoms with E-state index < -0.39 is 0 Å². The van der Waals surface area contributed by atoms with Crippen molar-refractivity contribution in [1.29, 1.82) is 0 Å². The average Bonchev–Trinajstić information content (AvgIpc) is 2.15. The maximum absolute atomic E-state index is 2.49. The van der Waals surface area contributed by atoms with Gasteiger partial charge in [0, 0.05) is 0 Å². The van der Waals surface area contributed by atoms with Crippen LogP contribution in [0.5, 0.6) is 0 Å². The van der Waals surface area contributed by atoms with Crippen molar-refractivity contribution >= 4 is 0 Å². The van der Waals surface area contributed by atoms with Crippen LogP contribution in [0.25, 0.3) is 0 Å². The molecule has 0 saturated heterocycles. The van der Waals surface area contributed by atoms with E-state index in [2.05, 4.69) is 20.8 Å². The van der Waals surface area contributed by atoms with Gasteiger partial charge in [-0.25, -0.2) is 0 Å². The maximum atomic E-state index is 2.49. The minimum atomic E-state index is 0.694. The zero-order valence-corrected chi connectivity index (χ0v) is 9.03. The minimum Gasteiger partial charge on any atom is -0.0654 e. The molecular formula is C12H24. The predicted octanol–water partition coefficient (Wildman–Crippen LogP) is 4.39. The highest BCUT2D eigenvalue weighted by Gasteiger charge is 2.26. The van der Waals surface area contributed by atoms with Gasteiger partial charge in [0.15, 0.2) is 0 Å². The van der Waals surface area contributed by atoms with E-state index in [-0.39, 0.29) is 0 Å². The second-order valence-corrected chi connectivity index (χ2v) is 5.10. The normalized spacial score (nSPS) is 37.8. The van der Waals surface area contributed by atoms with E-state index in [0.717, 1.165) is 5.92 Å². The van der Waals surface area contributed by atoms with Gasteiger partial charge in [0.1, 0.15) is 0 Å². The summed E-state index contributed by atoms with van der Waals surface area (Å²) >= 11 is 0. The standard InChI is InChI=1S/C12H24/c1-4-8-12(3)9-5-6-11(2)7-10-12/h11H,4-10H2,1-3H3. The van der Waals surface area contributed by atoms with Crippen LogP contribution in [0.1, 0.15) is 65.7 Å². The quantitative estimate of drug-likeness (QED) is 0.536. The first-order valence-corrected chi connectivity index (χ1v) is 5.66. The molecule has 0 bridgehead atoms. The summed E-state index contributed by atoms with van der Waals surface area (Å²) in [6.07, 6.45) is 10.2. The van der Waals surface area contributed by atoms with E-state index >= 15 is 0 Å². The molecule has 1 fully saturated rings. The summed E-state index contributed by atoms with van der Waals surface area (Å²) < 4.78 is 0. The van der Waals surface area contributed by atoms with E-state index in [1.54, 1.807) is 0 Å². The van der Waals surface area contributed by atoms with Crippen molar-refractivity contribution in [3.05, 3.63) is 0 Å². The van der Waals surface area contributed by atoms with Crippen molar-refractivity contribution in [2.24, 2.45) is 11.3 Å². The summed E-state index contributed by atoms with van der Waals surface area (Å²) in [6, 6.07) is 0. The highest BCUT2D eigenvalue weighted by Crippen LogP contribution is 2.39. The fourth-order valence-electron chi connectivity index (χ4n) is 2.60. The van der Waals surface area contributed by atoms with Crippen molar-refractivity contribution in [2.45, 2.75) is 65.7 Å². The Morgan fingerprint density at radius 1 is 1.25 bits per heavy atom. The van der Waals surface area contributed by atoms with E-state index in [9.17, 15) is 0 Å². The van der Waals surface area contributed by atoms with Gasteiger partial charge in [-0.3, -0.25) is 0 Å². The van der Waals surface area contributed by atoms with Gasteiger partial charge in [-0.2, -0.15) is 0 Å². The molecule has 1 rings (SSSR count). The van der Waals surface area contributed by atoms with Crippen LogP contribution < -0.4 is 0 Å². The predicted molar refractivity (Wildman–Crippen MR) is 55.3 cm³/mol. The van der Waals surface area contributed by atoms with Crippen LogP contribution in [0.2, 0.25) is 0 Å². The topological polar surface area (TPSA) is 0 Å². The molecular weight excluding hydrogens is 144 g/mol. The molecule has 0 amide bonds. The van der Waals surface area contributed by atoms with Crippen LogP contribution >= 0.6 is 0 Å². The molecule has 0 nitrogen and oxygen atoms in total. The van der Waals surface area contributed by atoms with Crippen LogP contribution in [0.3, 0.4) is 0 Å². The lowest BCUT2D eigenvalue weighted by molar-refractivity contribution is 0.249. The largest absolute Gasteiger partial charge is 0.0654 e. The van der Waals surface area contributed by atoms with Crippen molar-refractivity contribution in [3.63, 3.8) is 0 Å². The molecule has 72 valence electrons. The molecule has 12 heavy (non-hydrogen) atoms. The van der Waals surface area contributed by atoms with Gasteiger partial charge in [-0.05, 0) is 30.6 Å². The maximum Gasteiger partial charge on any atom is -0.0326 e. The summed E-state index contributed by atoms with van der Waals surface area (Å²) in [7, 11) is 0. The summed E-state index contributed by atoms with van der Waals surface area (Å²) in [4.78, 5) is 0. The third-order valence-electron chi connectivity index (χ3n) is 3.57. The van der Waals surface area contributed by atoms with Crippen molar-refractivity contribution in [2.75, 3.05) is 0 Å². The first-order chi connectivity index (χ1) is 5.66. The number of hydrogen-bond acceptors (Lipinski definition) is 0. The smallest absolute Gasteiger partial charge is 0.0326 e. The van der Waals surface area contributed by atoms with Crippen molar-refractivity contribution in [1.82, 2.24) is 0 Å². The fourth-order valence-corrected chi connectivity index (χ4v) is 2.60. The lowest BCUT2D eigenvalue weighted by atomic mass is 9.78. The monoisotopic (exact) mass is 168 g/mol. The second-order valence-electron chi connectivity index (χ2n) is 5.10. The molecule has 0 N–H and O–H groups in total. The van der Waals surface area contributed by atoms with Gasteiger partial charge < -0.3 is 0 Å². The molecule has 0 aromatic carbocycles. The molecule has 0 heterocycles. The molecule has 0 aromatic rings. The second kappa shape index (κ2) is 4.30. The number of rotatable bonds is 2. The van der Waals surface area contributed by atoms with Gasteiger partial charge in [0.2, 0.25) is 0 Å². The van der Waals surface area contributed by atoms with Crippen LogP contribution in [-0.2, 0) is 0 Å². The van der Waals surface area contributed by atoms with Gasteiger partial charge >= 0.3 is 0 Å². The Morgan fingerprint density at radius 2 is 2.00 bits per heavy atom. The Kier molecular flexibility index (Phi) is 3.61. The molecule has 2 unspecified atom stereocenters. The Morgan fingerprint density at radius 3 is 2.67 bits per heavy atom. The van der Waals surface area contributed by atoms with E-state index in [4.69, 9.17) is 0 Å². The average molecular weight is 168 g/mol.